The van der Waals surface area contributed by atoms with Crippen LogP contribution in [0.1, 0.15) is 50.2 Å². The summed E-state index contributed by atoms with van der Waals surface area (Å²) in [5.41, 5.74) is 2.61. The van der Waals surface area contributed by atoms with Crippen molar-refractivity contribution in [1.82, 2.24) is 0 Å². The first-order chi connectivity index (χ1) is 12.1. The molecule has 0 saturated carbocycles. The van der Waals surface area contributed by atoms with Crippen LogP contribution in [0.5, 0.6) is 0 Å². The maximum absolute atomic E-state index is 5.94. The molecule has 0 radical (unpaired) electrons. The number of ether oxygens (including phenoxy) is 1. The monoisotopic (exact) mass is 335 g/mol. The van der Waals surface area contributed by atoms with E-state index in [-0.39, 0.29) is 5.60 Å². The number of benzene rings is 2. The van der Waals surface area contributed by atoms with Gasteiger partial charge in [0, 0.05) is 19.4 Å². The molecule has 2 nitrogen and oxygen atoms in total. The summed E-state index contributed by atoms with van der Waals surface area (Å²) in [4.78, 5) is 4.68. The highest BCUT2D eigenvalue weighted by Gasteiger charge is 2.33. The van der Waals surface area contributed by atoms with E-state index in [1.54, 1.807) is 0 Å². The van der Waals surface area contributed by atoms with Crippen LogP contribution in [-0.2, 0) is 4.74 Å². The lowest BCUT2D eigenvalue weighted by Gasteiger charge is -2.39. The van der Waals surface area contributed by atoms with Crippen LogP contribution in [0.2, 0.25) is 0 Å². The lowest BCUT2D eigenvalue weighted by atomic mass is 9.75. The van der Waals surface area contributed by atoms with Crippen molar-refractivity contribution in [3.05, 3.63) is 71.8 Å². The first-order valence-electron chi connectivity index (χ1n) is 9.38. The Morgan fingerprint density at radius 3 is 2.44 bits per heavy atom. The van der Waals surface area contributed by atoms with Gasteiger partial charge in [-0.15, -0.1) is 0 Å². The van der Waals surface area contributed by atoms with Gasteiger partial charge in [-0.25, -0.2) is 0 Å². The highest BCUT2D eigenvalue weighted by atomic mass is 16.5. The lowest BCUT2D eigenvalue weighted by Crippen LogP contribution is -2.36. The summed E-state index contributed by atoms with van der Waals surface area (Å²) in [7, 11) is 0. The van der Waals surface area contributed by atoms with Crippen LogP contribution in [0.15, 0.2) is 65.7 Å². The topological polar surface area (TPSA) is 21.6 Å². The Balaban J connectivity index is 1.68. The van der Waals surface area contributed by atoms with E-state index in [4.69, 9.17) is 4.74 Å². The van der Waals surface area contributed by atoms with E-state index >= 15 is 0 Å². The van der Waals surface area contributed by atoms with Crippen molar-refractivity contribution in [1.29, 1.82) is 0 Å². The van der Waals surface area contributed by atoms with Crippen molar-refractivity contribution in [3.63, 3.8) is 0 Å². The molecule has 0 N–H and O–H groups in total. The maximum Gasteiger partial charge on any atom is 0.0629 e. The van der Waals surface area contributed by atoms with Crippen LogP contribution in [0.25, 0.3) is 0 Å². The van der Waals surface area contributed by atoms with Crippen molar-refractivity contribution in [3.8, 4) is 0 Å². The molecule has 2 aromatic rings. The molecule has 1 fully saturated rings. The largest absolute Gasteiger partial charge is 0.376 e. The van der Waals surface area contributed by atoms with Gasteiger partial charge in [-0.05, 0) is 56.1 Å². The maximum atomic E-state index is 5.94. The number of hydrogen-bond donors (Lipinski definition) is 0. The van der Waals surface area contributed by atoms with E-state index < -0.39 is 0 Å². The average Bonchev–Trinajstić information content (AvgIpc) is 2.62. The fourth-order valence-electron chi connectivity index (χ4n) is 3.92. The van der Waals surface area contributed by atoms with Gasteiger partial charge in [-0.3, -0.25) is 4.99 Å². The molecule has 0 spiro atoms. The van der Waals surface area contributed by atoms with Crippen molar-refractivity contribution < 1.29 is 4.74 Å². The van der Waals surface area contributed by atoms with Gasteiger partial charge in [0.2, 0.25) is 0 Å². The van der Waals surface area contributed by atoms with Crippen molar-refractivity contribution in [2.75, 3.05) is 13.2 Å². The average molecular weight is 335 g/mol. The van der Waals surface area contributed by atoms with Crippen molar-refractivity contribution in [2.45, 2.75) is 44.6 Å². The second-order valence-corrected chi connectivity index (χ2v) is 7.61. The molecule has 0 unspecified atom stereocenters. The van der Waals surface area contributed by atoms with Crippen molar-refractivity contribution in [2.24, 2.45) is 10.9 Å². The number of aliphatic imine (C=N–C) groups is 1. The van der Waals surface area contributed by atoms with Gasteiger partial charge in [-0.1, -0.05) is 60.7 Å². The fraction of sp³-hybridized carbons (Fsp3) is 0.435. The number of hydrogen-bond acceptors (Lipinski definition) is 2. The minimum atomic E-state index is -0.0107. The normalized spacial score (nSPS) is 21.3. The van der Waals surface area contributed by atoms with E-state index in [9.17, 15) is 0 Å². The minimum Gasteiger partial charge on any atom is -0.376 e. The summed E-state index contributed by atoms with van der Waals surface area (Å²) >= 11 is 0. The summed E-state index contributed by atoms with van der Waals surface area (Å²) in [6.07, 6.45) is 5.35. The second-order valence-electron chi connectivity index (χ2n) is 7.61. The highest BCUT2D eigenvalue weighted by molar-refractivity contribution is 5.79. The summed E-state index contributed by atoms with van der Waals surface area (Å²) in [5, 5.41) is 0. The molecule has 0 aliphatic carbocycles. The third kappa shape index (κ3) is 5.27. The number of nitrogens with zero attached hydrogens (tertiary/aromatic N) is 1. The fourth-order valence-corrected chi connectivity index (χ4v) is 3.92. The predicted octanol–water partition coefficient (Wildman–Crippen LogP) is 5.48. The van der Waals surface area contributed by atoms with Gasteiger partial charge in [-0.2, -0.15) is 0 Å². The predicted molar refractivity (Wildman–Crippen MR) is 105 cm³/mol. The van der Waals surface area contributed by atoms with Gasteiger partial charge in [0.15, 0.2) is 0 Å². The molecule has 1 saturated heterocycles. The van der Waals surface area contributed by atoms with Crippen LogP contribution in [0, 0.1) is 5.92 Å². The molecule has 0 bridgehead atoms. The smallest absolute Gasteiger partial charge is 0.0629 e. The van der Waals surface area contributed by atoms with E-state index in [1.807, 2.05) is 12.3 Å². The molecule has 1 aliphatic heterocycles. The zero-order valence-corrected chi connectivity index (χ0v) is 15.4. The van der Waals surface area contributed by atoms with E-state index in [1.165, 1.54) is 11.1 Å². The molecule has 2 atom stereocenters. The summed E-state index contributed by atoms with van der Waals surface area (Å²) in [6, 6.07) is 21.3. The molecule has 2 aromatic carbocycles. The SMILES string of the molecule is CC1(C)C[C@H]([C@H](CCN=Cc2ccccc2)c2ccccc2)CCO1. The Bertz CT molecular complexity index is 663. The quantitative estimate of drug-likeness (QED) is 0.640. The van der Waals surface area contributed by atoms with Gasteiger partial charge in [0.25, 0.3) is 0 Å². The first kappa shape index (κ1) is 17.9. The van der Waals surface area contributed by atoms with Gasteiger partial charge < -0.3 is 4.74 Å². The molecule has 0 amide bonds. The first-order valence-corrected chi connectivity index (χ1v) is 9.38. The standard InChI is InChI=1S/C23H29NO/c1-23(2)17-21(14-16-25-23)22(20-11-7-4-8-12-20)13-15-24-18-19-9-5-3-6-10-19/h3-12,18,21-22H,13-17H2,1-2H3/t21-,22-/m1/s1. The van der Waals surface area contributed by atoms with Gasteiger partial charge in [0.05, 0.1) is 5.60 Å². The molecule has 2 heteroatoms. The Morgan fingerprint density at radius 2 is 1.76 bits per heavy atom. The number of rotatable bonds is 6. The third-order valence-electron chi connectivity index (χ3n) is 5.14. The molecule has 25 heavy (non-hydrogen) atoms. The summed E-state index contributed by atoms with van der Waals surface area (Å²) in [6.45, 7) is 6.17. The van der Waals surface area contributed by atoms with E-state index in [0.717, 1.165) is 32.4 Å². The van der Waals surface area contributed by atoms with E-state index in [2.05, 4.69) is 73.4 Å². The zero-order chi connectivity index (χ0) is 17.5. The minimum absolute atomic E-state index is 0.0107. The van der Waals surface area contributed by atoms with Crippen LogP contribution >= 0.6 is 0 Å². The molecular formula is C23H29NO. The van der Waals surface area contributed by atoms with Crippen molar-refractivity contribution >= 4 is 6.21 Å². The zero-order valence-electron chi connectivity index (χ0n) is 15.4. The van der Waals surface area contributed by atoms with Crippen LogP contribution in [-0.4, -0.2) is 25.0 Å². The summed E-state index contributed by atoms with van der Waals surface area (Å²) in [5.74, 6) is 1.22. The Morgan fingerprint density at radius 1 is 1.08 bits per heavy atom. The molecule has 1 heterocycles. The Kier molecular flexibility index (Phi) is 6.04. The van der Waals surface area contributed by atoms with E-state index in [0.29, 0.717) is 11.8 Å². The molecule has 1 aliphatic rings. The molecular weight excluding hydrogens is 306 g/mol. The Labute approximate surface area is 152 Å². The molecule has 132 valence electrons. The second kappa shape index (κ2) is 8.44. The summed E-state index contributed by atoms with van der Waals surface area (Å²) < 4.78 is 5.94. The van der Waals surface area contributed by atoms with Gasteiger partial charge >= 0.3 is 0 Å². The van der Waals surface area contributed by atoms with Gasteiger partial charge in [0.1, 0.15) is 0 Å². The van der Waals surface area contributed by atoms with Crippen LogP contribution in [0.4, 0.5) is 0 Å². The Hall–Kier alpha value is -1.93. The highest BCUT2D eigenvalue weighted by Crippen LogP contribution is 2.39. The van der Waals surface area contributed by atoms with Crippen LogP contribution < -0.4 is 0 Å². The molecule has 3 rings (SSSR count). The third-order valence-corrected chi connectivity index (χ3v) is 5.14. The lowest BCUT2D eigenvalue weighted by molar-refractivity contribution is -0.0771. The van der Waals surface area contributed by atoms with Crippen LogP contribution in [0.3, 0.4) is 0 Å². The molecule has 0 aromatic heterocycles.